The molecule has 0 spiro atoms. The molecule has 0 saturated carbocycles. The van der Waals surface area contributed by atoms with Crippen molar-refractivity contribution in [2.75, 3.05) is 0 Å². The molecule has 7 heteroatoms. The van der Waals surface area contributed by atoms with E-state index in [9.17, 15) is 4.39 Å². The molecule has 271 valence electrons. The zero-order valence-corrected chi connectivity index (χ0v) is 35.5. The van der Waals surface area contributed by atoms with Crippen LogP contribution in [-0.2, 0) is 20.1 Å². The molecule has 5 aromatic carbocycles. The molecule has 0 aliphatic carbocycles. The van der Waals surface area contributed by atoms with Crippen molar-refractivity contribution in [3.8, 4) is 33.6 Å². The predicted octanol–water partition coefficient (Wildman–Crippen LogP) is 12.7. The summed E-state index contributed by atoms with van der Waals surface area (Å²) in [7, 11) is 0. The maximum absolute atomic E-state index is 13.4. The van der Waals surface area contributed by atoms with Crippen LogP contribution >= 0.6 is 0 Å². The minimum atomic E-state index is -1.89. The molecule has 4 nitrogen and oxygen atoms in total. The van der Waals surface area contributed by atoms with Gasteiger partial charge in [-0.3, -0.25) is 0 Å². The molecule has 9 aromatic rings. The summed E-state index contributed by atoms with van der Waals surface area (Å²) in [6.07, 6.45) is 3.79. The summed E-state index contributed by atoms with van der Waals surface area (Å²) in [5, 5.41) is 4.22. The van der Waals surface area contributed by atoms with E-state index in [2.05, 4.69) is 65.7 Å². The molecule has 0 saturated heterocycles. The van der Waals surface area contributed by atoms with Crippen molar-refractivity contribution in [3.05, 3.63) is 151 Å². The molecule has 54 heavy (non-hydrogen) atoms. The second-order valence-corrected chi connectivity index (χ2v) is 25.2. The number of para-hydroxylation sites is 2. The largest absolute Gasteiger partial charge is 0.500 e. The minimum Gasteiger partial charge on any atom is -0.500 e. The number of nitrogens with zero attached hydrogens (tertiary/aromatic N) is 2. The van der Waals surface area contributed by atoms with Crippen LogP contribution in [0.5, 0.6) is 0 Å². The second kappa shape index (κ2) is 15.1. The maximum atomic E-state index is 13.4. The summed E-state index contributed by atoms with van der Waals surface area (Å²) in [6.45, 7) is 5.90. The number of hydrogen-bond acceptors (Lipinski definition) is 4. The number of hydrogen-bond donors (Lipinski definition) is 0. The first-order chi connectivity index (χ1) is 25.9. The Morgan fingerprint density at radius 3 is 2.02 bits per heavy atom. The summed E-state index contributed by atoms with van der Waals surface area (Å²) < 4.78 is 35.7. The number of halogens is 1. The number of pyridine rings is 2. The predicted molar refractivity (Wildman–Crippen MR) is 219 cm³/mol. The monoisotopic (exact) mass is 950 g/mol. The van der Waals surface area contributed by atoms with Crippen molar-refractivity contribution in [1.29, 1.82) is 0 Å². The summed E-state index contributed by atoms with van der Waals surface area (Å²) in [5.41, 5.74) is 10.6. The van der Waals surface area contributed by atoms with Gasteiger partial charge in [-0.2, -0.15) is 0 Å². The molecule has 4 heterocycles. The third-order valence-corrected chi connectivity index (χ3v) is 14.2. The van der Waals surface area contributed by atoms with Crippen LogP contribution in [0.1, 0.15) is 32.2 Å². The quantitative estimate of drug-likeness (QED) is 0.127. The van der Waals surface area contributed by atoms with E-state index >= 15 is 0 Å². The molecule has 0 atom stereocenters. The number of fused-ring (bicyclic) bond motifs is 6. The molecule has 0 bridgehead atoms. The Bertz CT molecular complexity index is 2830. The van der Waals surface area contributed by atoms with Crippen LogP contribution in [-0.4, -0.2) is 23.2 Å². The zero-order chi connectivity index (χ0) is 37.8. The van der Waals surface area contributed by atoms with Crippen molar-refractivity contribution in [2.45, 2.75) is 43.9 Å². The molecular formula is C47H39FGeIrN2O2-2. The van der Waals surface area contributed by atoms with Crippen LogP contribution in [0.15, 0.2) is 130 Å². The molecule has 0 N–H and O–H groups in total. The van der Waals surface area contributed by atoms with E-state index in [0.29, 0.717) is 5.58 Å². The molecule has 4 aromatic heterocycles. The van der Waals surface area contributed by atoms with Crippen LogP contribution in [0.4, 0.5) is 4.39 Å². The number of rotatable bonds is 5. The summed E-state index contributed by atoms with van der Waals surface area (Å²) in [5.74, 6) is 6.20. The first kappa shape index (κ1) is 36.1. The third-order valence-electron chi connectivity index (χ3n) is 9.72. The fraction of sp³-hybridized carbons (Fsp3) is 0.149. The van der Waals surface area contributed by atoms with E-state index in [-0.39, 0.29) is 25.9 Å². The van der Waals surface area contributed by atoms with E-state index in [0.717, 1.165) is 77.5 Å². The number of aryl methyl sites for hydroxylation is 1. The molecule has 0 aliphatic rings. The van der Waals surface area contributed by atoms with Crippen molar-refractivity contribution >= 4 is 61.5 Å². The Balaban J connectivity index is 0.000000170. The van der Waals surface area contributed by atoms with E-state index in [1.807, 2.05) is 80.6 Å². The standard InChI is InChI=1S/C26H19FNO.C21H20GeNO.Ir/c1-16(2)18-13-14-28-24(15-18)23-8-4-7-22-21-6-3-5-20(25(21)29-26(22)23)17-9-11-19(27)12-10-17;1-14-12-19(23-13-18(14)22(2,3)4)17-10-7-9-16-15-8-5-6-11-20(15)24-21(16)17;/h3-7,9-16H,1-2H3;5-9,11-13H,1-4H3;/q2*-1;/i16D;;. The van der Waals surface area contributed by atoms with Crippen LogP contribution in [0.25, 0.3) is 77.5 Å². The fourth-order valence-electron chi connectivity index (χ4n) is 7.05. The van der Waals surface area contributed by atoms with Gasteiger partial charge in [0.25, 0.3) is 0 Å². The maximum Gasteiger partial charge on any atom is 0.128 e. The Morgan fingerprint density at radius 1 is 0.704 bits per heavy atom. The van der Waals surface area contributed by atoms with Gasteiger partial charge in [0, 0.05) is 38.6 Å². The van der Waals surface area contributed by atoms with Gasteiger partial charge in [-0.15, -0.1) is 18.2 Å². The Hall–Kier alpha value is -4.88. The Morgan fingerprint density at radius 2 is 1.33 bits per heavy atom. The van der Waals surface area contributed by atoms with Crippen LogP contribution in [0, 0.1) is 24.9 Å². The summed E-state index contributed by atoms with van der Waals surface area (Å²) in [6, 6.07) is 41.0. The van der Waals surface area contributed by atoms with Gasteiger partial charge in [-0.05, 0) is 35.4 Å². The van der Waals surface area contributed by atoms with Gasteiger partial charge in [-0.1, -0.05) is 66.8 Å². The first-order valence-electron chi connectivity index (χ1n) is 18.2. The topological polar surface area (TPSA) is 52.1 Å². The van der Waals surface area contributed by atoms with Gasteiger partial charge in [0.05, 0.1) is 5.58 Å². The molecule has 0 amide bonds. The van der Waals surface area contributed by atoms with Crippen molar-refractivity contribution in [1.82, 2.24) is 9.97 Å². The van der Waals surface area contributed by atoms with E-state index < -0.39 is 19.2 Å². The average molecular weight is 949 g/mol. The minimum absolute atomic E-state index is 0. The van der Waals surface area contributed by atoms with Crippen LogP contribution < -0.4 is 4.40 Å². The number of furan rings is 2. The average Bonchev–Trinajstić information content (AvgIpc) is 3.73. The first-order valence-corrected chi connectivity index (χ1v) is 25.1. The van der Waals surface area contributed by atoms with E-state index in [1.165, 1.54) is 22.1 Å². The molecular weight excluding hydrogens is 908 g/mol. The SMILES string of the molecule is Cc1cc(-c2[c-]ccc3c2oc2ccccc23)nc[c]1[Ge]([CH3])([CH3])[CH3].[2H]C(C)(C)c1ccnc(-c2[c-]ccc3c2oc2c(-c4ccc(F)cc4)cccc23)c1.[Ir]. The molecule has 0 aliphatic heterocycles. The smallest absolute Gasteiger partial charge is 0.128 e. The normalized spacial score (nSPS) is 12.1. The van der Waals surface area contributed by atoms with Gasteiger partial charge in [0.2, 0.25) is 0 Å². The third kappa shape index (κ3) is 7.06. The molecule has 0 unspecified atom stereocenters. The molecule has 9 rings (SSSR count). The van der Waals surface area contributed by atoms with Gasteiger partial charge >= 0.3 is 145 Å². The fourth-order valence-corrected chi connectivity index (χ4v) is 10.6. The van der Waals surface area contributed by atoms with Crippen molar-refractivity contribution in [2.24, 2.45) is 0 Å². The van der Waals surface area contributed by atoms with Crippen LogP contribution in [0.2, 0.25) is 17.3 Å². The number of aromatic nitrogens is 2. The second-order valence-electron chi connectivity index (χ2n) is 14.6. The Kier molecular flexibility index (Phi) is 10.1. The van der Waals surface area contributed by atoms with Crippen molar-refractivity contribution in [3.63, 3.8) is 0 Å². The van der Waals surface area contributed by atoms with Gasteiger partial charge in [0.15, 0.2) is 0 Å². The van der Waals surface area contributed by atoms with Crippen LogP contribution in [0.3, 0.4) is 0 Å². The molecule has 1 radical (unpaired) electrons. The van der Waals surface area contributed by atoms with E-state index in [4.69, 9.17) is 15.2 Å². The van der Waals surface area contributed by atoms with E-state index in [1.54, 1.807) is 18.3 Å². The van der Waals surface area contributed by atoms with Gasteiger partial charge in [-0.25, -0.2) is 4.39 Å². The number of benzene rings is 5. The summed E-state index contributed by atoms with van der Waals surface area (Å²) >= 11 is -1.89. The molecule has 0 fully saturated rings. The zero-order valence-electron chi connectivity index (χ0n) is 32.0. The Labute approximate surface area is 332 Å². The van der Waals surface area contributed by atoms with Crippen molar-refractivity contribution < 1.29 is 34.7 Å². The van der Waals surface area contributed by atoms with Gasteiger partial charge < -0.3 is 9.40 Å². The van der Waals surface area contributed by atoms with Gasteiger partial charge in [0.1, 0.15) is 11.4 Å². The summed E-state index contributed by atoms with van der Waals surface area (Å²) in [4.78, 5) is 9.27.